The van der Waals surface area contributed by atoms with Gasteiger partial charge in [0, 0.05) is 10.1 Å². The first-order valence-corrected chi connectivity index (χ1v) is 8.99. The molecule has 0 saturated heterocycles. The molecule has 1 saturated carbocycles. The Morgan fingerprint density at radius 1 is 1.28 bits per heavy atom. The van der Waals surface area contributed by atoms with Crippen LogP contribution in [0.2, 0.25) is 0 Å². The van der Waals surface area contributed by atoms with Crippen molar-refractivity contribution >= 4 is 39.1 Å². The van der Waals surface area contributed by atoms with E-state index in [9.17, 15) is 8.42 Å². The van der Waals surface area contributed by atoms with Gasteiger partial charge >= 0.3 is 0 Å². The van der Waals surface area contributed by atoms with Crippen LogP contribution in [0.4, 0.5) is 5.69 Å². The van der Waals surface area contributed by atoms with Gasteiger partial charge in [0.25, 0.3) is 0 Å². The van der Waals surface area contributed by atoms with E-state index in [2.05, 4.69) is 4.72 Å². The fourth-order valence-corrected chi connectivity index (χ4v) is 4.16. The van der Waals surface area contributed by atoms with Crippen LogP contribution in [-0.4, -0.2) is 18.9 Å². The third-order valence-corrected chi connectivity index (χ3v) is 5.99. The number of hydrogen-bond donors (Lipinski definition) is 1. The topological polar surface area (TPSA) is 46.2 Å². The minimum Gasteiger partial charge on any atom is -0.281 e. The number of hydrogen-bond acceptors (Lipinski definition) is 3. The van der Waals surface area contributed by atoms with Crippen molar-refractivity contribution in [2.45, 2.75) is 35.8 Å². The maximum Gasteiger partial charge on any atom is 0.246 e. The fraction of sp³-hybridized carbons (Fsp3) is 0.500. The summed E-state index contributed by atoms with van der Waals surface area (Å²) in [6.45, 7) is 0. The van der Waals surface area contributed by atoms with E-state index in [1.165, 1.54) is 25.7 Å². The van der Waals surface area contributed by atoms with E-state index < -0.39 is 15.2 Å². The number of thioether (sulfide) groups is 1. The minimum atomic E-state index is -3.43. The van der Waals surface area contributed by atoms with Gasteiger partial charge in [0.2, 0.25) is 10.0 Å². The molecule has 1 N–H and O–H groups in total. The highest BCUT2D eigenvalue weighted by Gasteiger charge is 2.18. The first-order valence-electron chi connectivity index (χ1n) is 5.93. The summed E-state index contributed by atoms with van der Waals surface area (Å²) < 4.78 is 25.5. The summed E-state index contributed by atoms with van der Waals surface area (Å²) in [4.78, 5) is 0.984. The molecule has 0 radical (unpaired) electrons. The maximum absolute atomic E-state index is 11.5. The summed E-state index contributed by atoms with van der Waals surface area (Å²) in [5, 5.41) is 0.182. The molecule has 1 aromatic rings. The van der Waals surface area contributed by atoms with Crippen LogP contribution < -0.4 is 4.72 Å². The zero-order valence-corrected chi connectivity index (χ0v) is 12.3. The molecule has 0 spiro atoms. The molecule has 0 atom stereocenters. The van der Waals surface area contributed by atoms with Crippen molar-refractivity contribution in [3.05, 3.63) is 24.3 Å². The SMILES string of the molecule is O=S(=O)(CCl)Nc1ccccc1SC1CCCC1. The van der Waals surface area contributed by atoms with Gasteiger partial charge in [-0.05, 0) is 25.0 Å². The third-order valence-electron chi connectivity index (χ3n) is 2.89. The van der Waals surface area contributed by atoms with Gasteiger partial charge < -0.3 is 0 Å². The van der Waals surface area contributed by atoms with Crippen molar-refractivity contribution in [2.24, 2.45) is 0 Å². The molecule has 0 aromatic heterocycles. The summed E-state index contributed by atoms with van der Waals surface area (Å²) in [5.41, 5.74) is 0.634. The number of anilines is 1. The normalized spacial score (nSPS) is 16.9. The third kappa shape index (κ3) is 3.80. The van der Waals surface area contributed by atoms with Crippen LogP contribution in [0.1, 0.15) is 25.7 Å². The van der Waals surface area contributed by atoms with Crippen LogP contribution >= 0.6 is 23.4 Å². The van der Waals surface area contributed by atoms with Crippen molar-refractivity contribution in [1.82, 2.24) is 0 Å². The lowest BCUT2D eigenvalue weighted by Crippen LogP contribution is -2.14. The number of alkyl halides is 1. The van der Waals surface area contributed by atoms with Crippen molar-refractivity contribution in [2.75, 3.05) is 9.93 Å². The molecule has 1 aromatic carbocycles. The molecule has 2 rings (SSSR count). The molecule has 0 aliphatic heterocycles. The number of sulfonamides is 1. The first-order chi connectivity index (χ1) is 8.61. The molecule has 1 aliphatic rings. The van der Waals surface area contributed by atoms with Crippen LogP contribution in [-0.2, 0) is 10.0 Å². The Kier molecular flexibility index (Phi) is 4.81. The van der Waals surface area contributed by atoms with E-state index in [0.717, 1.165) is 4.90 Å². The Hall–Kier alpha value is -0.390. The molecule has 1 aliphatic carbocycles. The number of benzene rings is 1. The van der Waals surface area contributed by atoms with Gasteiger partial charge in [-0.1, -0.05) is 25.0 Å². The monoisotopic (exact) mass is 305 g/mol. The zero-order valence-electron chi connectivity index (χ0n) is 9.93. The Balaban J connectivity index is 2.14. The molecule has 100 valence electrons. The van der Waals surface area contributed by atoms with Crippen LogP contribution in [0.5, 0.6) is 0 Å². The van der Waals surface area contributed by atoms with Crippen LogP contribution in [0.25, 0.3) is 0 Å². The molecule has 0 bridgehead atoms. The summed E-state index contributed by atoms with van der Waals surface area (Å²) in [6.07, 6.45) is 4.96. The maximum atomic E-state index is 11.5. The van der Waals surface area contributed by atoms with Gasteiger partial charge in [0.1, 0.15) is 5.21 Å². The lowest BCUT2D eigenvalue weighted by Gasteiger charge is -2.14. The molecular weight excluding hydrogens is 290 g/mol. The molecule has 0 unspecified atom stereocenters. The van der Waals surface area contributed by atoms with Gasteiger partial charge in [0.15, 0.2) is 0 Å². The predicted octanol–water partition coefficient (Wildman–Crippen LogP) is 3.66. The van der Waals surface area contributed by atoms with Gasteiger partial charge in [-0.15, -0.1) is 23.4 Å². The number of rotatable bonds is 5. The second-order valence-corrected chi connectivity index (χ2v) is 8.00. The van der Waals surface area contributed by atoms with Crippen LogP contribution in [0.3, 0.4) is 0 Å². The molecule has 0 heterocycles. The van der Waals surface area contributed by atoms with E-state index in [0.29, 0.717) is 10.9 Å². The van der Waals surface area contributed by atoms with E-state index in [1.807, 2.05) is 18.2 Å². The second kappa shape index (κ2) is 6.17. The van der Waals surface area contributed by atoms with Crippen molar-refractivity contribution in [3.63, 3.8) is 0 Å². The van der Waals surface area contributed by atoms with E-state index in [-0.39, 0.29) is 0 Å². The fourth-order valence-electron chi connectivity index (χ4n) is 2.03. The summed E-state index contributed by atoms with van der Waals surface area (Å²) in [6, 6.07) is 7.48. The molecule has 0 amide bonds. The Morgan fingerprint density at radius 2 is 1.94 bits per heavy atom. The second-order valence-electron chi connectivity index (χ2n) is 4.35. The average molecular weight is 306 g/mol. The highest BCUT2D eigenvalue weighted by molar-refractivity contribution is 8.00. The Morgan fingerprint density at radius 3 is 2.61 bits per heavy atom. The standard InChI is InChI=1S/C12H16ClNO2S2/c13-9-18(15,16)14-11-7-3-4-8-12(11)17-10-5-1-2-6-10/h3-4,7-8,10,14H,1-2,5-6,9H2. The van der Waals surface area contributed by atoms with Crippen molar-refractivity contribution in [1.29, 1.82) is 0 Å². The smallest absolute Gasteiger partial charge is 0.246 e. The van der Waals surface area contributed by atoms with Crippen molar-refractivity contribution < 1.29 is 8.42 Å². The molecule has 1 fully saturated rings. The average Bonchev–Trinajstić information content (AvgIpc) is 2.84. The van der Waals surface area contributed by atoms with Gasteiger partial charge in [-0.3, -0.25) is 4.72 Å². The molecule has 18 heavy (non-hydrogen) atoms. The van der Waals surface area contributed by atoms with Gasteiger partial charge in [0.05, 0.1) is 5.69 Å². The van der Waals surface area contributed by atoms with E-state index >= 15 is 0 Å². The number of halogens is 1. The number of nitrogens with one attached hydrogen (secondary N) is 1. The quantitative estimate of drug-likeness (QED) is 0.844. The van der Waals surface area contributed by atoms with Gasteiger partial charge in [-0.2, -0.15) is 0 Å². The number of para-hydroxylation sites is 1. The molecule has 6 heteroatoms. The lowest BCUT2D eigenvalue weighted by molar-refractivity contribution is 0.605. The summed E-state index contributed by atoms with van der Waals surface area (Å²) in [5.74, 6) is 0. The Labute approximate surface area is 117 Å². The van der Waals surface area contributed by atoms with Crippen LogP contribution in [0, 0.1) is 0 Å². The molecular formula is C12H16ClNO2S2. The summed E-state index contributed by atoms with van der Waals surface area (Å²) in [7, 11) is -3.43. The minimum absolute atomic E-state index is 0.421. The van der Waals surface area contributed by atoms with E-state index in [1.54, 1.807) is 17.8 Å². The predicted molar refractivity (Wildman–Crippen MR) is 77.8 cm³/mol. The van der Waals surface area contributed by atoms with Gasteiger partial charge in [-0.25, -0.2) is 8.42 Å². The highest BCUT2D eigenvalue weighted by atomic mass is 35.5. The highest BCUT2D eigenvalue weighted by Crippen LogP contribution is 2.38. The largest absolute Gasteiger partial charge is 0.281 e. The Bertz CT molecular complexity index is 499. The first kappa shape index (κ1) is 14.0. The molecule has 3 nitrogen and oxygen atoms in total. The van der Waals surface area contributed by atoms with Crippen LogP contribution in [0.15, 0.2) is 29.2 Å². The zero-order chi connectivity index (χ0) is 13.0. The summed E-state index contributed by atoms with van der Waals surface area (Å²) >= 11 is 7.17. The van der Waals surface area contributed by atoms with Crippen molar-refractivity contribution in [3.8, 4) is 0 Å². The van der Waals surface area contributed by atoms with E-state index in [4.69, 9.17) is 11.6 Å². The lowest BCUT2D eigenvalue weighted by atomic mass is 10.3.